The molecule has 4 nitrogen and oxygen atoms in total. The fourth-order valence-electron chi connectivity index (χ4n) is 1.17. The summed E-state index contributed by atoms with van der Waals surface area (Å²) in [6, 6.07) is 4.70. The van der Waals surface area contributed by atoms with Crippen LogP contribution in [0, 0.1) is 0 Å². The second-order valence-electron chi connectivity index (χ2n) is 2.97. The number of oxime groups is 1. The number of esters is 1. The van der Waals surface area contributed by atoms with Crippen molar-refractivity contribution in [3.8, 4) is 0 Å². The Labute approximate surface area is 109 Å². The molecule has 0 bridgehead atoms. The van der Waals surface area contributed by atoms with Crippen LogP contribution in [0.5, 0.6) is 0 Å². The number of ether oxygens (including phenoxy) is 1. The molecular weight excluding hydrogens is 265 g/mol. The van der Waals surface area contributed by atoms with Gasteiger partial charge in [0, 0.05) is 10.6 Å². The molecule has 1 aromatic rings. The number of halogens is 2. The lowest BCUT2D eigenvalue weighted by atomic mass is 10.1. The van der Waals surface area contributed by atoms with Gasteiger partial charge in [-0.25, -0.2) is 4.79 Å². The molecule has 0 N–H and O–H groups in total. The summed E-state index contributed by atoms with van der Waals surface area (Å²) in [6.45, 7) is 1.94. The van der Waals surface area contributed by atoms with Crippen LogP contribution in [0.25, 0.3) is 0 Å². The number of nitrogens with zero attached hydrogens (tertiary/aromatic N) is 1. The predicted molar refractivity (Wildman–Crippen MR) is 66.6 cm³/mol. The number of carbonyl (C=O) groups excluding carboxylic acids is 1. The number of hydrogen-bond acceptors (Lipinski definition) is 4. The largest absolute Gasteiger partial charge is 0.461 e. The normalized spacial score (nSPS) is 11.2. The zero-order valence-corrected chi connectivity index (χ0v) is 10.9. The molecule has 0 aliphatic rings. The van der Waals surface area contributed by atoms with Gasteiger partial charge in [0.05, 0.1) is 11.6 Å². The minimum absolute atomic E-state index is 0.0102. The zero-order valence-electron chi connectivity index (χ0n) is 9.37. The SMILES string of the molecule is CCOC(=O)C(=NOC)c1ccc(Cl)cc1Cl. The van der Waals surface area contributed by atoms with Gasteiger partial charge >= 0.3 is 5.97 Å². The van der Waals surface area contributed by atoms with Crippen molar-refractivity contribution in [2.75, 3.05) is 13.7 Å². The molecular formula is C11H11Cl2NO3. The van der Waals surface area contributed by atoms with Crippen LogP contribution in [0.1, 0.15) is 12.5 Å². The van der Waals surface area contributed by atoms with Crippen molar-refractivity contribution in [3.63, 3.8) is 0 Å². The summed E-state index contributed by atoms with van der Waals surface area (Å²) in [5.41, 5.74) is 0.424. The van der Waals surface area contributed by atoms with Gasteiger partial charge in [0.15, 0.2) is 5.71 Å². The molecule has 0 spiro atoms. The highest BCUT2D eigenvalue weighted by atomic mass is 35.5. The van der Waals surface area contributed by atoms with Crippen LogP contribution in [0.3, 0.4) is 0 Å². The van der Waals surface area contributed by atoms with Gasteiger partial charge in [-0.1, -0.05) is 28.4 Å². The Kier molecular flexibility index (Phi) is 5.25. The maximum absolute atomic E-state index is 11.6. The van der Waals surface area contributed by atoms with E-state index in [1.165, 1.54) is 13.2 Å². The van der Waals surface area contributed by atoms with Crippen molar-refractivity contribution in [2.45, 2.75) is 6.92 Å². The van der Waals surface area contributed by atoms with Crippen LogP contribution in [0.4, 0.5) is 0 Å². The molecule has 0 saturated heterocycles. The second kappa shape index (κ2) is 6.47. The first kappa shape index (κ1) is 13.8. The summed E-state index contributed by atoms with van der Waals surface area (Å²) in [6.07, 6.45) is 0. The fraction of sp³-hybridized carbons (Fsp3) is 0.273. The summed E-state index contributed by atoms with van der Waals surface area (Å²) >= 11 is 11.7. The Morgan fingerprint density at radius 1 is 1.41 bits per heavy atom. The highest BCUT2D eigenvalue weighted by Crippen LogP contribution is 2.22. The molecule has 0 unspecified atom stereocenters. The van der Waals surface area contributed by atoms with E-state index in [1.807, 2.05) is 0 Å². The van der Waals surface area contributed by atoms with Crippen molar-refractivity contribution < 1.29 is 14.4 Å². The van der Waals surface area contributed by atoms with Gasteiger partial charge < -0.3 is 9.57 Å². The van der Waals surface area contributed by atoms with Crippen LogP contribution in [0.15, 0.2) is 23.4 Å². The van der Waals surface area contributed by atoms with Crippen molar-refractivity contribution in [3.05, 3.63) is 33.8 Å². The predicted octanol–water partition coefficient (Wildman–Crippen LogP) is 2.91. The molecule has 0 aliphatic heterocycles. The quantitative estimate of drug-likeness (QED) is 0.482. The fourth-order valence-corrected chi connectivity index (χ4v) is 1.67. The van der Waals surface area contributed by atoms with E-state index in [9.17, 15) is 4.79 Å². The molecule has 0 aromatic heterocycles. The Balaban J connectivity index is 3.15. The van der Waals surface area contributed by atoms with Gasteiger partial charge in [-0.2, -0.15) is 0 Å². The van der Waals surface area contributed by atoms with Crippen LogP contribution < -0.4 is 0 Å². The molecule has 0 fully saturated rings. The van der Waals surface area contributed by atoms with E-state index in [-0.39, 0.29) is 12.3 Å². The number of rotatable bonds is 4. The Bertz CT molecular complexity index is 446. The molecule has 92 valence electrons. The molecule has 6 heteroatoms. The topological polar surface area (TPSA) is 47.9 Å². The first-order chi connectivity index (χ1) is 8.10. The van der Waals surface area contributed by atoms with Gasteiger partial charge in [-0.05, 0) is 25.1 Å². The maximum atomic E-state index is 11.6. The third-order valence-electron chi connectivity index (χ3n) is 1.84. The molecule has 0 amide bonds. The average molecular weight is 276 g/mol. The number of carbonyl (C=O) groups is 1. The minimum Gasteiger partial charge on any atom is -0.461 e. The van der Waals surface area contributed by atoms with E-state index in [0.29, 0.717) is 15.6 Å². The minimum atomic E-state index is -0.599. The number of benzene rings is 1. The van der Waals surface area contributed by atoms with Crippen LogP contribution in [0.2, 0.25) is 10.0 Å². The molecule has 0 atom stereocenters. The van der Waals surface area contributed by atoms with Crippen molar-refractivity contribution >= 4 is 34.9 Å². The summed E-state index contributed by atoms with van der Waals surface area (Å²) in [7, 11) is 1.34. The van der Waals surface area contributed by atoms with E-state index in [0.717, 1.165) is 0 Å². The van der Waals surface area contributed by atoms with Gasteiger partial charge in [0.1, 0.15) is 7.11 Å². The summed E-state index contributed by atoms with van der Waals surface area (Å²) in [4.78, 5) is 16.3. The van der Waals surface area contributed by atoms with E-state index in [1.54, 1.807) is 19.1 Å². The summed E-state index contributed by atoms with van der Waals surface area (Å²) in [5, 5.41) is 4.40. The maximum Gasteiger partial charge on any atom is 0.361 e. The summed E-state index contributed by atoms with van der Waals surface area (Å²) < 4.78 is 4.85. The van der Waals surface area contributed by atoms with Gasteiger partial charge in [0.25, 0.3) is 0 Å². The lowest BCUT2D eigenvalue weighted by Crippen LogP contribution is -2.19. The zero-order chi connectivity index (χ0) is 12.8. The lowest BCUT2D eigenvalue weighted by molar-refractivity contribution is -0.135. The highest BCUT2D eigenvalue weighted by Gasteiger charge is 2.19. The second-order valence-corrected chi connectivity index (χ2v) is 3.81. The van der Waals surface area contributed by atoms with Gasteiger partial charge in [-0.15, -0.1) is 0 Å². The Morgan fingerprint density at radius 3 is 2.65 bits per heavy atom. The van der Waals surface area contributed by atoms with Crippen molar-refractivity contribution in [1.82, 2.24) is 0 Å². The molecule has 1 aromatic carbocycles. The Morgan fingerprint density at radius 2 is 2.12 bits per heavy atom. The lowest BCUT2D eigenvalue weighted by Gasteiger charge is -2.07. The van der Waals surface area contributed by atoms with Crippen LogP contribution in [-0.2, 0) is 14.4 Å². The molecule has 1 rings (SSSR count). The van der Waals surface area contributed by atoms with Gasteiger partial charge in [0.2, 0.25) is 0 Å². The van der Waals surface area contributed by atoms with Crippen LogP contribution >= 0.6 is 23.2 Å². The molecule has 0 aliphatic carbocycles. The molecule has 0 saturated carbocycles. The van der Waals surface area contributed by atoms with Crippen molar-refractivity contribution in [1.29, 1.82) is 0 Å². The van der Waals surface area contributed by atoms with E-state index in [2.05, 4.69) is 9.99 Å². The Hall–Kier alpha value is -1.26. The smallest absolute Gasteiger partial charge is 0.361 e. The first-order valence-corrected chi connectivity index (χ1v) is 5.59. The van der Waals surface area contributed by atoms with E-state index >= 15 is 0 Å². The average Bonchev–Trinajstić information content (AvgIpc) is 2.27. The number of hydrogen-bond donors (Lipinski definition) is 0. The molecule has 0 heterocycles. The van der Waals surface area contributed by atoms with Crippen LogP contribution in [-0.4, -0.2) is 25.4 Å². The monoisotopic (exact) mass is 275 g/mol. The molecule has 0 radical (unpaired) electrons. The van der Waals surface area contributed by atoms with E-state index < -0.39 is 5.97 Å². The third-order valence-corrected chi connectivity index (χ3v) is 2.39. The highest BCUT2D eigenvalue weighted by molar-refractivity contribution is 6.47. The van der Waals surface area contributed by atoms with Gasteiger partial charge in [-0.3, -0.25) is 0 Å². The first-order valence-electron chi connectivity index (χ1n) is 4.83. The standard InChI is InChI=1S/C11H11Cl2NO3/c1-3-17-11(15)10(14-16-2)8-5-4-7(12)6-9(8)13/h4-6H,3H2,1-2H3. The van der Waals surface area contributed by atoms with E-state index in [4.69, 9.17) is 27.9 Å². The summed E-state index contributed by atoms with van der Waals surface area (Å²) in [5.74, 6) is -0.599. The molecule has 17 heavy (non-hydrogen) atoms. The van der Waals surface area contributed by atoms with Crippen molar-refractivity contribution in [2.24, 2.45) is 5.16 Å². The third kappa shape index (κ3) is 3.61.